The number of rotatable bonds is 4. The van der Waals surface area contributed by atoms with Crippen molar-refractivity contribution in [1.29, 1.82) is 0 Å². The van der Waals surface area contributed by atoms with Crippen LogP contribution in [0.25, 0.3) is 11.5 Å². The monoisotopic (exact) mass is 379 g/mol. The number of ether oxygens (including phenoxy) is 1. The maximum Gasteiger partial charge on any atom is 0.253 e. The minimum atomic E-state index is 0.0318. The van der Waals surface area contributed by atoms with Gasteiger partial charge >= 0.3 is 0 Å². The Labute approximate surface area is 162 Å². The fourth-order valence-electron chi connectivity index (χ4n) is 3.35. The molecule has 1 aliphatic heterocycles. The minimum absolute atomic E-state index is 0.0318. The molecule has 8 nitrogen and oxygen atoms in total. The molecule has 1 aliphatic rings. The molecule has 144 valence electrons. The number of likely N-dealkylation sites (tertiary alicyclic amines) is 1. The number of hydrogen-bond acceptors (Lipinski definition) is 7. The summed E-state index contributed by atoms with van der Waals surface area (Å²) in [6.07, 6.45) is 4.74. The van der Waals surface area contributed by atoms with Crippen LogP contribution in [0.5, 0.6) is 5.75 Å². The van der Waals surface area contributed by atoms with Crippen molar-refractivity contribution in [2.24, 2.45) is 0 Å². The van der Waals surface area contributed by atoms with Crippen molar-refractivity contribution in [2.75, 3.05) is 20.2 Å². The number of methoxy groups -OCH3 is 1. The number of benzene rings is 1. The van der Waals surface area contributed by atoms with Gasteiger partial charge in [0.25, 0.3) is 11.8 Å². The Hall–Kier alpha value is -3.29. The van der Waals surface area contributed by atoms with Crippen LogP contribution in [0.15, 0.2) is 41.2 Å². The average molecular weight is 379 g/mol. The number of amides is 1. The second-order valence-corrected chi connectivity index (χ2v) is 6.76. The van der Waals surface area contributed by atoms with Crippen molar-refractivity contribution in [2.45, 2.75) is 25.7 Å². The van der Waals surface area contributed by atoms with Crippen LogP contribution in [-0.2, 0) is 0 Å². The van der Waals surface area contributed by atoms with Gasteiger partial charge in [0.05, 0.1) is 18.4 Å². The lowest BCUT2D eigenvalue weighted by molar-refractivity contribution is 0.0706. The van der Waals surface area contributed by atoms with Crippen LogP contribution in [0.2, 0.25) is 0 Å². The van der Waals surface area contributed by atoms with Gasteiger partial charge in [0.2, 0.25) is 5.89 Å². The van der Waals surface area contributed by atoms with E-state index in [2.05, 4.69) is 20.2 Å². The second-order valence-electron chi connectivity index (χ2n) is 6.76. The van der Waals surface area contributed by atoms with Crippen LogP contribution in [0.3, 0.4) is 0 Å². The van der Waals surface area contributed by atoms with Gasteiger partial charge in [-0.05, 0) is 44.0 Å². The van der Waals surface area contributed by atoms with Gasteiger partial charge in [0.15, 0.2) is 0 Å². The van der Waals surface area contributed by atoms with E-state index in [9.17, 15) is 4.79 Å². The van der Waals surface area contributed by atoms with Gasteiger partial charge in [-0.15, -0.1) is 10.2 Å². The molecular weight excluding hydrogens is 358 g/mol. The predicted molar refractivity (Wildman–Crippen MR) is 101 cm³/mol. The van der Waals surface area contributed by atoms with Gasteiger partial charge in [-0.25, -0.2) is 9.97 Å². The highest BCUT2D eigenvalue weighted by Gasteiger charge is 2.28. The maximum atomic E-state index is 12.7. The molecule has 0 atom stereocenters. The zero-order chi connectivity index (χ0) is 19.5. The van der Waals surface area contributed by atoms with E-state index in [-0.39, 0.29) is 11.8 Å². The molecule has 0 aliphatic carbocycles. The first-order valence-electron chi connectivity index (χ1n) is 9.19. The summed E-state index contributed by atoms with van der Waals surface area (Å²) in [6, 6.07) is 7.19. The third-order valence-corrected chi connectivity index (χ3v) is 5.05. The molecule has 3 aromatic rings. The summed E-state index contributed by atoms with van der Waals surface area (Å²) >= 11 is 0. The van der Waals surface area contributed by atoms with Crippen molar-refractivity contribution in [3.8, 4) is 17.2 Å². The number of aromatic nitrogens is 4. The summed E-state index contributed by atoms with van der Waals surface area (Å²) in [4.78, 5) is 22.7. The van der Waals surface area contributed by atoms with E-state index in [1.807, 2.05) is 11.8 Å². The SMILES string of the molecule is COc1ccc(C(=O)N2CCC(c3nnc(-c4cncnc4C)o3)CC2)cc1. The lowest BCUT2D eigenvalue weighted by atomic mass is 9.96. The summed E-state index contributed by atoms with van der Waals surface area (Å²) in [5.41, 5.74) is 2.21. The van der Waals surface area contributed by atoms with Crippen LogP contribution in [0, 0.1) is 6.92 Å². The maximum absolute atomic E-state index is 12.7. The molecule has 1 saturated heterocycles. The highest BCUT2D eigenvalue weighted by atomic mass is 16.5. The molecule has 28 heavy (non-hydrogen) atoms. The number of aryl methyl sites for hydroxylation is 1. The second kappa shape index (κ2) is 7.75. The quantitative estimate of drug-likeness (QED) is 0.688. The van der Waals surface area contributed by atoms with Gasteiger partial charge < -0.3 is 14.1 Å². The summed E-state index contributed by atoms with van der Waals surface area (Å²) < 4.78 is 11.0. The summed E-state index contributed by atoms with van der Waals surface area (Å²) in [5.74, 6) is 1.96. The molecule has 1 aromatic carbocycles. The van der Waals surface area contributed by atoms with Crippen molar-refractivity contribution in [1.82, 2.24) is 25.1 Å². The summed E-state index contributed by atoms with van der Waals surface area (Å²) in [5, 5.41) is 8.37. The number of carbonyl (C=O) groups excluding carboxylic acids is 1. The zero-order valence-corrected chi connectivity index (χ0v) is 15.8. The van der Waals surface area contributed by atoms with Crippen LogP contribution in [0.1, 0.15) is 40.7 Å². The molecule has 0 N–H and O–H groups in total. The van der Waals surface area contributed by atoms with Gasteiger partial charge in [-0.1, -0.05) is 0 Å². The molecule has 4 rings (SSSR count). The molecule has 0 unspecified atom stereocenters. The third kappa shape index (κ3) is 3.58. The first kappa shape index (κ1) is 18.1. The van der Waals surface area contributed by atoms with Crippen molar-refractivity contribution in [3.05, 3.63) is 53.9 Å². The molecule has 0 radical (unpaired) electrons. The molecule has 2 aromatic heterocycles. The molecule has 1 fully saturated rings. The predicted octanol–water partition coefficient (Wildman–Crippen LogP) is 2.86. The van der Waals surface area contributed by atoms with Crippen molar-refractivity contribution >= 4 is 5.91 Å². The van der Waals surface area contributed by atoms with Gasteiger partial charge in [-0.2, -0.15) is 0 Å². The molecule has 3 heterocycles. The summed E-state index contributed by atoms with van der Waals surface area (Å²) in [6.45, 7) is 3.19. The Morgan fingerprint density at radius 1 is 1.18 bits per heavy atom. The molecule has 0 bridgehead atoms. The lowest BCUT2D eigenvalue weighted by Crippen LogP contribution is -2.38. The van der Waals surface area contributed by atoms with E-state index < -0.39 is 0 Å². The van der Waals surface area contributed by atoms with Gasteiger partial charge in [0.1, 0.15) is 12.1 Å². The standard InChI is InChI=1S/C20H21N5O3/c1-13-17(11-21-12-22-13)19-24-23-18(28-19)14-7-9-25(10-8-14)20(26)15-3-5-16(27-2)6-4-15/h3-6,11-12,14H,7-10H2,1-2H3. The third-order valence-electron chi connectivity index (χ3n) is 5.05. The highest BCUT2D eigenvalue weighted by Crippen LogP contribution is 2.30. The highest BCUT2D eigenvalue weighted by molar-refractivity contribution is 5.94. The summed E-state index contributed by atoms with van der Waals surface area (Å²) in [7, 11) is 1.61. The largest absolute Gasteiger partial charge is 0.497 e. The van der Waals surface area contributed by atoms with Gasteiger partial charge in [0, 0.05) is 30.8 Å². The van der Waals surface area contributed by atoms with E-state index in [0.29, 0.717) is 30.4 Å². The van der Waals surface area contributed by atoms with Crippen molar-refractivity contribution in [3.63, 3.8) is 0 Å². The van der Waals surface area contributed by atoms with E-state index in [1.165, 1.54) is 6.33 Å². The van der Waals surface area contributed by atoms with Crippen LogP contribution >= 0.6 is 0 Å². The number of piperidine rings is 1. The fraction of sp³-hybridized carbons (Fsp3) is 0.350. The number of nitrogens with zero attached hydrogens (tertiary/aromatic N) is 5. The molecule has 1 amide bonds. The number of carbonyl (C=O) groups is 1. The Kier molecular flexibility index (Phi) is 5.01. The Bertz CT molecular complexity index is 962. The average Bonchev–Trinajstić information content (AvgIpc) is 3.24. The minimum Gasteiger partial charge on any atom is -0.497 e. The van der Waals surface area contributed by atoms with E-state index in [4.69, 9.17) is 9.15 Å². The lowest BCUT2D eigenvalue weighted by Gasteiger charge is -2.30. The Morgan fingerprint density at radius 3 is 2.61 bits per heavy atom. The van der Waals surface area contributed by atoms with E-state index >= 15 is 0 Å². The normalized spacial score (nSPS) is 14.9. The number of hydrogen-bond donors (Lipinski definition) is 0. The fourth-order valence-corrected chi connectivity index (χ4v) is 3.35. The Morgan fingerprint density at radius 2 is 1.93 bits per heavy atom. The molecule has 8 heteroatoms. The first-order chi connectivity index (χ1) is 13.7. The smallest absolute Gasteiger partial charge is 0.253 e. The topological polar surface area (TPSA) is 94.2 Å². The van der Waals surface area contributed by atoms with Gasteiger partial charge in [-0.3, -0.25) is 4.79 Å². The zero-order valence-electron chi connectivity index (χ0n) is 15.8. The van der Waals surface area contributed by atoms with E-state index in [0.717, 1.165) is 29.8 Å². The van der Waals surface area contributed by atoms with E-state index in [1.54, 1.807) is 37.6 Å². The first-order valence-corrected chi connectivity index (χ1v) is 9.19. The van der Waals surface area contributed by atoms with Crippen LogP contribution < -0.4 is 4.74 Å². The molecule has 0 saturated carbocycles. The van der Waals surface area contributed by atoms with Crippen molar-refractivity contribution < 1.29 is 13.9 Å². The van der Waals surface area contributed by atoms with Crippen LogP contribution in [-0.4, -0.2) is 51.2 Å². The Balaban J connectivity index is 1.40. The van der Waals surface area contributed by atoms with Crippen LogP contribution in [0.4, 0.5) is 0 Å². The molecular formula is C20H21N5O3. The molecule has 0 spiro atoms.